The van der Waals surface area contributed by atoms with Gasteiger partial charge in [0.2, 0.25) is 0 Å². The number of rotatable bonds is 4. The number of aryl methyl sites for hydroxylation is 1. The molecule has 0 bridgehead atoms. The van der Waals surface area contributed by atoms with Gasteiger partial charge in [-0.25, -0.2) is 4.98 Å². The van der Waals surface area contributed by atoms with E-state index in [4.69, 9.17) is 5.73 Å². The summed E-state index contributed by atoms with van der Waals surface area (Å²) >= 11 is 0. The molecule has 0 amide bonds. The zero-order valence-electron chi connectivity index (χ0n) is 9.85. The fourth-order valence-corrected chi connectivity index (χ4v) is 1.68. The zero-order chi connectivity index (χ0) is 12.1. The molecule has 0 saturated heterocycles. The van der Waals surface area contributed by atoms with Crippen LogP contribution in [0, 0.1) is 6.92 Å². The highest BCUT2D eigenvalue weighted by Crippen LogP contribution is 2.08. The molecular formula is C13H16N4. The summed E-state index contributed by atoms with van der Waals surface area (Å²) in [6, 6.07) is 8.37. The molecule has 2 rings (SSSR count). The quantitative estimate of drug-likeness (QED) is 0.840. The summed E-state index contributed by atoms with van der Waals surface area (Å²) in [7, 11) is 0. The van der Waals surface area contributed by atoms with Gasteiger partial charge in [0.25, 0.3) is 0 Å². The number of aromatic nitrogens is 2. The maximum atomic E-state index is 5.55. The van der Waals surface area contributed by atoms with Crippen LogP contribution in [0.2, 0.25) is 0 Å². The number of anilines is 2. The zero-order valence-corrected chi connectivity index (χ0v) is 9.85. The first-order chi connectivity index (χ1) is 8.25. The van der Waals surface area contributed by atoms with Crippen LogP contribution in [0.5, 0.6) is 0 Å². The monoisotopic (exact) mass is 228 g/mol. The predicted molar refractivity (Wildman–Crippen MR) is 69.8 cm³/mol. The van der Waals surface area contributed by atoms with Crippen LogP contribution >= 0.6 is 0 Å². The van der Waals surface area contributed by atoms with Crippen molar-refractivity contribution in [3.63, 3.8) is 0 Å². The molecule has 0 fully saturated rings. The molecule has 0 unspecified atom stereocenters. The number of nitrogens with zero attached hydrogens (tertiary/aromatic N) is 2. The van der Waals surface area contributed by atoms with E-state index in [1.54, 1.807) is 6.20 Å². The first-order valence-electron chi connectivity index (χ1n) is 5.61. The van der Waals surface area contributed by atoms with E-state index in [-0.39, 0.29) is 0 Å². The number of nitrogens with two attached hydrogens (primary N) is 1. The number of nitrogen functional groups attached to an aromatic ring is 1. The van der Waals surface area contributed by atoms with E-state index < -0.39 is 0 Å². The van der Waals surface area contributed by atoms with E-state index in [2.05, 4.69) is 46.5 Å². The third-order valence-corrected chi connectivity index (χ3v) is 2.61. The lowest BCUT2D eigenvalue weighted by Gasteiger charge is -2.07. The number of benzene rings is 1. The Morgan fingerprint density at radius 2 is 2.06 bits per heavy atom. The van der Waals surface area contributed by atoms with Crippen molar-refractivity contribution in [1.82, 2.24) is 9.97 Å². The normalized spacial score (nSPS) is 10.2. The van der Waals surface area contributed by atoms with Crippen molar-refractivity contribution in [2.24, 2.45) is 0 Å². The Morgan fingerprint density at radius 1 is 1.24 bits per heavy atom. The summed E-state index contributed by atoms with van der Waals surface area (Å²) < 4.78 is 0. The Labute approximate surface area is 101 Å². The molecule has 1 aromatic heterocycles. The minimum Gasteiger partial charge on any atom is -0.382 e. The van der Waals surface area contributed by atoms with Gasteiger partial charge in [0, 0.05) is 6.54 Å². The molecule has 0 saturated carbocycles. The van der Waals surface area contributed by atoms with E-state index >= 15 is 0 Å². The van der Waals surface area contributed by atoms with Crippen molar-refractivity contribution < 1.29 is 0 Å². The van der Waals surface area contributed by atoms with Crippen molar-refractivity contribution in [2.45, 2.75) is 13.3 Å². The molecule has 4 heteroatoms. The van der Waals surface area contributed by atoms with E-state index in [0.717, 1.165) is 18.8 Å². The lowest BCUT2D eigenvalue weighted by Crippen LogP contribution is -2.08. The van der Waals surface area contributed by atoms with Crippen molar-refractivity contribution in [3.05, 3.63) is 47.8 Å². The van der Waals surface area contributed by atoms with Crippen LogP contribution in [0.15, 0.2) is 36.7 Å². The largest absolute Gasteiger partial charge is 0.382 e. The van der Waals surface area contributed by atoms with Gasteiger partial charge in [0.15, 0.2) is 0 Å². The minimum absolute atomic E-state index is 0.436. The van der Waals surface area contributed by atoms with Crippen LogP contribution in [-0.2, 0) is 6.42 Å². The topological polar surface area (TPSA) is 63.8 Å². The Balaban J connectivity index is 1.90. The average Bonchev–Trinajstić information content (AvgIpc) is 2.32. The molecule has 1 aromatic carbocycles. The summed E-state index contributed by atoms with van der Waals surface area (Å²) in [5, 5.41) is 3.21. The maximum absolute atomic E-state index is 5.55. The molecular weight excluding hydrogens is 212 g/mol. The highest BCUT2D eigenvalue weighted by atomic mass is 15.0. The van der Waals surface area contributed by atoms with Crippen LogP contribution in [-0.4, -0.2) is 16.5 Å². The highest BCUT2D eigenvalue weighted by Gasteiger charge is 1.98. The number of hydrogen-bond acceptors (Lipinski definition) is 4. The number of nitrogens with one attached hydrogen (secondary N) is 1. The third-order valence-electron chi connectivity index (χ3n) is 2.61. The second-order valence-electron chi connectivity index (χ2n) is 3.93. The number of hydrogen-bond donors (Lipinski definition) is 2. The maximum Gasteiger partial charge on any atom is 0.146 e. The summed E-state index contributed by atoms with van der Waals surface area (Å²) in [5.74, 6) is 1.16. The first-order valence-corrected chi connectivity index (χ1v) is 5.61. The van der Waals surface area contributed by atoms with Gasteiger partial charge in [0.05, 0.1) is 12.4 Å². The standard InChI is InChI=1S/C13H16N4/c1-10-4-2-3-5-11(10)6-7-16-13-9-15-8-12(14)17-13/h2-5,8-9H,6-7H2,1H3,(H3,14,16,17). The average molecular weight is 228 g/mol. The molecule has 2 aromatic rings. The third kappa shape index (κ3) is 3.17. The molecule has 0 aliphatic heterocycles. The van der Waals surface area contributed by atoms with Gasteiger partial charge >= 0.3 is 0 Å². The Hall–Kier alpha value is -2.10. The Kier molecular flexibility index (Phi) is 3.55. The van der Waals surface area contributed by atoms with Gasteiger partial charge < -0.3 is 11.1 Å². The Bertz CT molecular complexity index is 496. The van der Waals surface area contributed by atoms with Gasteiger partial charge in [-0.1, -0.05) is 24.3 Å². The fourth-order valence-electron chi connectivity index (χ4n) is 1.68. The molecule has 1 heterocycles. The van der Waals surface area contributed by atoms with Crippen LogP contribution < -0.4 is 11.1 Å². The predicted octanol–water partition coefficient (Wildman–Crippen LogP) is 2.02. The van der Waals surface area contributed by atoms with Gasteiger partial charge in [-0.3, -0.25) is 4.98 Å². The van der Waals surface area contributed by atoms with Crippen LogP contribution in [0.25, 0.3) is 0 Å². The molecule has 4 nitrogen and oxygen atoms in total. The first kappa shape index (κ1) is 11.4. The molecule has 88 valence electrons. The van der Waals surface area contributed by atoms with Crippen molar-refractivity contribution in [1.29, 1.82) is 0 Å². The molecule has 0 aliphatic rings. The summed E-state index contributed by atoms with van der Waals surface area (Å²) in [6.07, 6.45) is 4.17. The molecule has 0 spiro atoms. The van der Waals surface area contributed by atoms with Crippen LogP contribution in [0.1, 0.15) is 11.1 Å². The van der Waals surface area contributed by atoms with Crippen molar-refractivity contribution in [3.8, 4) is 0 Å². The lowest BCUT2D eigenvalue weighted by molar-refractivity contribution is 0.989. The van der Waals surface area contributed by atoms with E-state index in [9.17, 15) is 0 Å². The van der Waals surface area contributed by atoms with E-state index in [1.807, 2.05) is 0 Å². The molecule has 17 heavy (non-hydrogen) atoms. The van der Waals surface area contributed by atoms with Gasteiger partial charge in [0.1, 0.15) is 11.6 Å². The molecule has 0 aliphatic carbocycles. The van der Waals surface area contributed by atoms with Crippen LogP contribution in [0.3, 0.4) is 0 Å². The Morgan fingerprint density at radius 3 is 2.82 bits per heavy atom. The summed E-state index contributed by atoms with van der Waals surface area (Å²) in [6.45, 7) is 2.94. The van der Waals surface area contributed by atoms with Gasteiger partial charge in [-0.05, 0) is 24.5 Å². The van der Waals surface area contributed by atoms with Crippen LogP contribution in [0.4, 0.5) is 11.6 Å². The van der Waals surface area contributed by atoms with Crippen molar-refractivity contribution >= 4 is 11.6 Å². The molecule has 3 N–H and O–H groups in total. The van der Waals surface area contributed by atoms with E-state index in [1.165, 1.54) is 17.3 Å². The van der Waals surface area contributed by atoms with Crippen molar-refractivity contribution in [2.75, 3.05) is 17.6 Å². The lowest BCUT2D eigenvalue weighted by atomic mass is 10.1. The second-order valence-corrected chi connectivity index (χ2v) is 3.93. The molecule has 0 atom stereocenters. The van der Waals surface area contributed by atoms with E-state index in [0.29, 0.717) is 5.82 Å². The van der Waals surface area contributed by atoms with Gasteiger partial charge in [-0.2, -0.15) is 0 Å². The highest BCUT2D eigenvalue weighted by molar-refractivity contribution is 5.38. The summed E-state index contributed by atoms with van der Waals surface area (Å²) in [5.41, 5.74) is 8.21. The second kappa shape index (κ2) is 5.30. The fraction of sp³-hybridized carbons (Fsp3) is 0.231. The summed E-state index contributed by atoms with van der Waals surface area (Å²) in [4.78, 5) is 8.11. The minimum atomic E-state index is 0.436. The molecule has 0 radical (unpaired) electrons. The SMILES string of the molecule is Cc1ccccc1CCNc1cncc(N)n1. The van der Waals surface area contributed by atoms with Gasteiger partial charge in [-0.15, -0.1) is 0 Å². The smallest absolute Gasteiger partial charge is 0.146 e.